The fourth-order valence-electron chi connectivity index (χ4n) is 3.83. The molecular formula is C24H22Cl2N2O2S. The van der Waals surface area contributed by atoms with Gasteiger partial charge in [0.2, 0.25) is 0 Å². The van der Waals surface area contributed by atoms with Gasteiger partial charge in [-0.05, 0) is 73.9 Å². The van der Waals surface area contributed by atoms with Crippen LogP contribution in [0.3, 0.4) is 0 Å². The van der Waals surface area contributed by atoms with Crippen LogP contribution in [0.25, 0.3) is 0 Å². The molecule has 0 bridgehead atoms. The summed E-state index contributed by atoms with van der Waals surface area (Å²) in [5, 5.41) is 5.28. The molecule has 0 atom stereocenters. The topological polar surface area (TPSA) is 49.4 Å². The van der Waals surface area contributed by atoms with Crippen molar-refractivity contribution in [3.05, 3.63) is 79.0 Å². The number of hydrogen-bond donors (Lipinski definition) is 1. The van der Waals surface area contributed by atoms with Crippen molar-refractivity contribution in [2.24, 2.45) is 0 Å². The maximum absolute atomic E-state index is 13.4. The van der Waals surface area contributed by atoms with E-state index in [9.17, 15) is 9.59 Å². The van der Waals surface area contributed by atoms with Crippen molar-refractivity contribution in [2.75, 3.05) is 16.8 Å². The van der Waals surface area contributed by atoms with Gasteiger partial charge in [0.1, 0.15) is 0 Å². The van der Waals surface area contributed by atoms with Crippen molar-refractivity contribution >= 4 is 57.7 Å². The Hall–Kier alpha value is -2.34. The molecule has 0 fully saturated rings. The third-order valence-electron chi connectivity index (χ3n) is 5.66. The highest BCUT2D eigenvalue weighted by Gasteiger charge is 2.27. The van der Waals surface area contributed by atoms with E-state index < -0.39 is 0 Å². The first kappa shape index (κ1) is 21.9. The smallest absolute Gasteiger partial charge is 0.261 e. The van der Waals surface area contributed by atoms with Crippen LogP contribution in [0.15, 0.2) is 41.8 Å². The van der Waals surface area contributed by atoms with Gasteiger partial charge in [0.05, 0.1) is 21.3 Å². The molecule has 2 amide bonds. The molecule has 4 rings (SSSR count). The van der Waals surface area contributed by atoms with Gasteiger partial charge < -0.3 is 10.2 Å². The first-order valence-electron chi connectivity index (χ1n) is 10.1. The van der Waals surface area contributed by atoms with E-state index in [4.69, 9.17) is 23.2 Å². The molecule has 1 aliphatic heterocycles. The number of nitrogens with one attached hydrogen (secondary N) is 1. The van der Waals surface area contributed by atoms with Crippen LogP contribution >= 0.6 is 34.5 Å². The predicted octanol–water partition coefficient (Wildman–Crippen LogP) is 6.91. The number of fused-ring (bicyclic) bond motifs is 1. The molecule has 7 heteroatoms. The maximum Gasteiger partial charge on any atom is 0.261 e. The first-order chi connectivity index (χ1) is 14.9. The van der Waals surface area contributed by atoms with Crippen LogP contribution in [0.1, 0.15) is 49.6 Å². The molecule has 3 aromatic rings. The van der Waals surface area contributed by atoms with Crippen molar-refractivity contribution in [3.63, 3.8) is 0 Å². The van der Waals surface area contributed by atoms with Crippen LogP contribution in [-0.4, -0.2) is 18.4 Å². The quantitative estimate of drug-likeness (QED) is 0.450. The summed E-state index contributed by atoms with van der Waals surface area (Å²) in [5.74, 6) is -0.466. The van der Waals surface area contributed by atoms with Crippen LogP contribution in [0.4, 0.5) is 11.4 Å². The van der Waals surface area contributed by atoms with E-state index in [-0.39, 0.29) is 27.4 Å². The average molecular weight is 473 g/mol. The first-order valence-corrected chi connectivity index (χ1v) is 11.7. The number of amides is 2. The number of carbonyl (C=O) groups is 2. The van der Waals surface area contributed by atoms with E-state index in [2.05, 4.69) is 5.32 Å². The summed E-state index contributed by atoms with van der Waals surface area (Å²) in [4.78, 5) is 29.1. The van der Waals surface area contributed by atoms with Crippen LogP contribution in [0.5, 0.6) is 0 Å². The third kappa shape index (κ3) is 4.36. The summed E-state index contributed by atoms with van der Waals surface area (Å²) in [7, 11) is 0. The Morgan fingerprint density at radius 2 is 1.81 bits per heavy atom. The molecule has 1 aromatic heterocycles. The zero-order valence-electron chi connectivity index (χ0n) is 17.3. The van der Waals surface area contributed by atoms with E-state index in [1.165, 1.54) is 4.88 Å². The molecule has 0 unspecified atom stereocenters. The van der Waals surface area contributed by atoms with Crippen molar-refractivity contribution in [1.29, 1.82) is 0 Å². The summed E-state index contributed by atoms with van der Waals surface area (Å²) in [6.45, 7) is 4.49. The minimum absolute atomic E-state index is 0.217. The molecular weight excluding hydrogens is 451 g/mol. The Morgan fingerprint density at radius 3 is 2.55 bits per heavy atom. The van der Waals surface area contributed by atoms with Gasteiger partial charge in [-0.1, -0.05) is 35.3 Å². The molecule has 0 radical (unpaired) electrons. The number of benzene rings is 2. The summed E-state index contributed by atoms with van der Waals surface area (Å²) in [5.41, 5.74) is 4.18. The molecule has 0 saturated carbocycles. The van der Waals surface area contributed by atoms with Gasteiger partial charge >= 0.3 is 0 Å². The van der Waals surface area contributed by atoms with E-state index in [1.54, 1.807) is 34.4 Å². The van der Waals surface area contributed by atoms with Crippen molar-refractivity contribution in [2.45, 2.75) is 33.1 Å². The van der Waals surface area contributed by atoms with Gasteiger partial charge in [-0.3, -0.25) is 9.59 Å². The number of anilines is 2. The Bertz CT molecular complexity index is 1150. The zero-order chi connectivity index (χ0) is 22.1. The number of halogens is 2. The van der Waals surface area contributed by atoms with Crippen LogP contribution in [0.2, 0.25) is 10.0 Å². The molecule has 31 heavy (non-hydrogen) atoms. The highest BCUT2D eigenvalue weighted by molar-refractivity contribution is 7.10. The second-order valence-electron chi connectivity index (χ2n) is 7.66. The van der Waals surface area contributed by atoms with Crippen LogP contribution in [0, 0.1) is 13.8 Å². The summed E-state index contributed by atoms with van der Waals surface area (Å²) >= 11 is 14.7. The maximum atomic E-state index is 13.4. The van der Waals surface area contributed by atoms with E-state index in [1.807, 2.05) is 37.4 Å². The Morgan fingerprint density at radius 1 is 1.06 bits per heavy atom. The fourth-order valence-corrected chi connectivity index (χ4v) is 5.40. The highest BCUT2D eigenvalue weighted by Crippen LogP contribution is 2.36. The summed E-state index contributed by atoms with van der Waals surface area (Å²) in [6.07, 6.45) is 2.94. The number of carbonyl (C=O) groups excluding carboxylic acids is 2. The lowest BCUT2D eigenvalue weighted by molar-refractivity contribution is 0.0986. The Balaban J connectivity index is 1.61. The lowest BCUT2D eigenvalue weighted by Gasteiger charge is -2.22. The summed E-state index contributed by atoms with van der Waals surface area (Å²) in [6, 6.07) is 10.7. The van der Waals surface area contributed by atoms with Gasteiger partial charge in [0, 0.05) is 22.7 Å². The zero-order valence-corrected chi connectivity index (χ0v) is 19.6. The van der Waals surface area contributed by atoms with E-state index in [0.717, 1.165) is 36.1 Å². The second kappa shape index (κ2) is 9.03. The monoisotopic (exact) mass is 472 g/mol. The Labute approximate surface area is 195 Å². The van der Waals surface area contributed by atoms with Gasteiger partial charge in [-0.15, -0.1) is 11.3 Å². The van der Waals surface area contributed by atoms with Crippen molar-refractivity contribution in [3.8, 4) is 0 Å². The lowest BCUT2D eigenvalue weighted by atomic mass is 10.0. The average Bonchev–Trinajstić information content (AvgIpc) is 3.08. The van der Waals surface area contributed by atoms with Crippen LogP contribution in [-0.2, 0) is 6.42 Å². The van der Waals surface area contributed by atoms with Gasteiger partial charge in [-0.25, -0.2) is 0 Å². The van der Waals surface area contributed by atoms with E-state index in [0.29, 0.717) is 17.8 Å². The number of hydrogen-bond acceptors (Lipinski definition) is 3. The molecule has 1 aliphatic rings. The largest absolute Gasteiger partial charge is 0.322 e. The minimum Gasteiger partial charge on any atom is -0.322 e. The third-order valence-corrected chi connectivity index (χ3v) is 7.22. The molecule has 4 nitrogen and oxygen atoms in total. The highest BCUT2D eigenvalue weighted by atomic mass is 35.5. The number of nitrogens with zero attached hydrogens (tertiary/aromatic N) is 1. The normalized spacial score (nSPS) is 13.5. The lowest BCUT2D eigenvalue weighted by Crippen LogP contribution is -2.32. The predicted molar refractivity (Wildman–Crippen MR) is 129 cm³/mol. The standard InChI is InChI=1S/C24H22Cl2N2O2S/c1-14-6-5-7-17(15(14)2)23(29)27-16-12-18(25)22(19(26)13-16)24(30)28-10-4-3-8-21-20(28)9-11-31-21/h5-7,9,11-13H,3-4,8,10H2,1-2H3,(H,27,29). The summed E-state index contributed by atoms with van der Waals surface area (Å²) < 4.78 is 0. The van der Waals surface area contributed by atoms with Crippen LogP contribution < -0.4 is 10.2 Å². The molecule has 0 saturated heterocycles. The number of thiophene rings is 1. The minimum atomic E-state index is -0.247. The number of rotatable bonds is 3. The molecule has 2 heterocycles. The number of aryl methyl sites for hydroxylation is 2. The Kier molecular flexibility index (Phi) is 6.37. The molecule has 0 spiro atoms. The van der Waals surface area contributed by atoms with Gasteiger partial charge in [0.25, 0.3) is 11.8 Å². The molecule has 2 aromatic carbocycles. The van der Waals surface area contributed by atoms with Crippen molar-refractivity contribution in [1.82, 2.24) is 0 Å². The van der Waals surface area contributed by atoms with Gasteiger partial charge in [0.15, 0.2) is 0 Å². The van der Waals surface area contributed by atoms with E-state index >= 15 is 0 Å². The molecule has 1 N–H and O–H groups in total. The fraction of sp³-hybridized carbons (Fsp3) is 0.250. The SMILES string of the molecule is Cc1cccc(C(=O)Nc2cc(Cl)c(C(=O)N3CCCCc4sccc43)c(Cl)c2)c1C. The van der Waals surface area contributed by atoms with Gasteiger partial charge in [-0.2, -0.15) is 0 Å². The molecule has 0 aliphatic carbocycles. The second-order valence-corrected chi connectivity index (χ2v) is 9.47. The molecule has 160 valence electrons. The van der Waals surface area contributed by atoms with Crippen molar-refractivity contribution < 1.29 is 9.59 Å².